The SMILES string of the molecule is CC(C)(C)OC(=O)N1CCNC[C@H]1c1cc(Cl)cc(Br)c1. The molecule has 1 aromatic rings. The first-order chi connectivity index (χ1) is 9.76. The molecule has 0 aliphatic carbocycles. The van der Waals surface area contributed by atoms with Crippen molar-refractivity contribution in [3.05, 3.63) is 33.3 Å². The normalized spacial score (nSPS) is 19.5. The van der Waals surface area contributed by atoms with Gasteiger partial charge in [-0.15, -0.1) is 0 Å². The van der Waals surface area contributed by atoms with Gasteiger partial charge < -0.3 is 10.1 Å². The number of carbonyl (C=O) groups excluding carboxylic acids is 1. The van der Waals surface area contributed by atoms with Crippen molar-refractivity contribution in [1.82, 2.24) is 10.2 Å². The molecule has 1 fully saturated rings. The van der Waals surface area contributed by atoms with E-state index in [1.165, 1.54) is 0 Å². The fourth-order valence-electron chi connectivity index (χ4n) is 2.31. The van der Waals surface area contributed by atoms with Crippen LogP contribution in [0.1, 0.15) is 32.4 Å². The number of piperazine rings is 1. The predicted molar refractivity (Wildman–Crippen MR) is 87.7 cm³/mol. The van der Waals surface area contributed by atoms with Crippen LogP contribution in [0.4, 0.5) is 4.79 Å². The van der Waals surface area contributed by atoms with Gasteiger partial charge in [0.05, 0.1) is 6.04 Å². The average molecular weight is 376 g/mol. The van der Waals surface area contributed by atoms with E-state index in [2.05, 4.69) is 21.2 Å². The highest BCUT2D eigenvalue weighted by molar-refractivity contribution is 9.10. The molecule has 0 unspecified atom stereocenters. The van der Waals surface area contributed by atoms with E-state index in [9.17, 15) is 4.79 Å². The molecular formula is C15H20BrClN2O2. The van der Waals surface area contributed by atoms with Crippen molar-refractivity contribution in [2.24, 2.45) is 0 Å². The molecule has 1 aliphatic rings. The Labute approximate surface area is 138 Å². The zero-order chi connectivity index (χ0) is 15.6. The lowest BCUT2D eigenvalue weighted by Gasteiger charge is -2.37. The molecule has 0 saturated carbocycles. The second-order valence-corrected chi connectivity index (χ2v) is 7.45. The smallest absolute Gasteiger partial charge is 0.410 e. The molecule has 1 amide bonds. The molecule has 1 saturated heterocycles. The number of hydrogen-bond acceptors (Lipinski definition) is 3. The highest BCUT2D eigenvalue weighted by atomic mass is 79.9. The van der Waals surface area contributed by atoms with Crippen LogP contribution in [0.3, 0.4) is 0 Å². The van der Waals surface area contributed by atoms with Crippen LogP contribution in [0.25, 0.3) is 0 Å². The van der Waals surface area contributed by atoms with E-state index in [1.807, 2.05) is 39.0 Å². The maximum absolute atomic E-state index is 12.4. The van der Waals surface area contributed by atoms with E-state index >= 15 is 0 Å². The minimum atomic E-state index is -0.499. The molecule has 1 heterocycles. The van der Waals surface area contributed by atoms with Gasteiger partial charge in [-0.2, -0.15) is 0 Å². The Morgan fingerprint density at radius 1 is 1.43 bits per heavy atom. The molecule has 116 valence electrons. The van der Waals surface area contributed by atoms with Gasteiger partial charge in [0.15, 0.2) is 0 Å². The van der Waals surface area contributed by atoms with Gasteiger partial charge >= 0.3 is 6.09 Å². The van der Waals surface area contributed by atoms with Gasteiger partial charge in [-0.05, 0) is 44.5 Å². The lowest BCUT2D eigenvalue weighted by atomic mass is 10.0. The summed E-state index contributed by atoms with van der Waals surface area (Å²) >= 11 is 9.56. The number of hydrogen-bond donors (Lipinski definition) is 1. The maximum Gasteiger partial charge on any atom is 0.410 e. The summed E-state index contributed by atoms with van der Waals surface area (Å²) in [6.07, 6.45) is -0.287. The Hall–Kier alpha value is -0.780. The zero-order valence-corrected chi connectivity index (χ0v) is 14.8. The topological polar surface area (TPSA) is 41.6 Å². The van der Waals surface area contributed by atoms with Crippen LogP contribution < -0.4 is 5.32 Å². The number of nitrogens with one attached hydrogen (secondary N) is 1. The van der Waals surface area contributed by atoms with Crippen molar-refractivity contribution < 1.29 is 9.53 Å². The summed E-state index contributed by atoms with van der Waals surface area (Å²) in [5, 5.41) is 3.96. The lowest BCUT2D eigenvalue weighted by Crippen LogP contribution is -2.50. The van der Waals surface area contributed by atoms with E-state index in [-0.39, 0.29) is 12.1 Å². The summed E-state index contributed by atoms with van der Waals surface area (Å²) in [5.74, 6) is 0. The van der Waals surface area contributed by atoms with Crippen LogP contribution in [0.15, 0.2) is 22.7 Å². The highest BCUT2D eigenvalue weighted by Crippen LogP contribution is 2.29. The summed E-state index contributed by atoms with van der Waals surface area (Å²) < 4.78 is 6.41. The first kappa shape index (κ1) is 16.6. The molecule has 1 atom stereocenters. The highest BCUT2D eigenvalue weighted by Gasteiger charge is 2.31. The van der Waals surface area contributed by atoms with Gasteiger partial charge in [0.25, 0.3) is 0 Å². The molecule has 0 aromatic heterocycles. The van der Waals surface area contributed by atoms with Gasteiger partial charge in [0.2, 0.25) is 0 Å². The first-order valence-electron chi connectivity index (χ1n) is 6.92. The van der Waals surface area contributed by atoms with E-state index < -0.39 is 5.60 Å². The van der Waals surface area contributed by atoms with Crippen LogP contribution >= 0.6 is 27.5 Å². The summed E-state index contributed by atoms with van der Waals surface area (Å²) in [6.45, 7) is 7.68. The Morgan fingerprint density at radius 3 is 2.76 bits per heavy atom. The first-order valence-corrected chi connectivity index (χ1v) is 8.10. The largest absolute Gasteiger partial charge is 0.444 e. The van der Waals surface area contributed by atoms with Crippen LogP contribution in [0.5, 0.6) is 0 Å². The third-order valence-electron chi connectivity index (χ3n) is 3.14. The number of nitrogens with zero attached hydrogens (tertiary/aromatic N) is 1. The fraction of sp³-hybridized carbons (Fsp3) is 0.533. The number of ether oxygens (including phenoxy) is 1. The van der Waals surface area contributed by atoms with Gasteiger partial charge in [-0.3, -0.25) is 4.90 Å². The number of amides is 1. The van der Waals surface area contributed by atoms with E-state index in [0.717, 1.165) is 16.6 Å². The van der Waals surface area contributed by atoms with Gasteiger partial charge in [-0.25, -0.2) is 4.79 Å². The summed E-state index contributed by atoms with van der Waals surface area (Å²) in [4.78, 5) is 14.2. The molecule has 2 rings (SSSR count). The van der Waals surface area contributed by atoms with Gasteiger partial charge in [0.1, 0.15) is 5.60 Å². The minimum Gasteiger partial charge on any atom is -0.444 e. The van der Waals surface area contributed by atoms with Crippen LogP contribution in [-0.4, -0.2) is 36.2 Å². The molecule has 1 aliphatic heterocycles. The third-order valence-corrected chi connectivity index (χ3v) is 3.82. The van der Waals surface area contributed by atoms with Crippen LogP contribution in [0.2, 0.25) is 5.02 Å². The molecular weight excluding hydrogens is 356 g/mol. The van der Waals surface area contributed by atoms with Gasteiger partial charge in [0, 0.05) is 29.1 Å². The molecule has 0 bridgehead atoms. The molecule has 0 spiro atoms. The Kier molecular flexibility index (Phi) is 5.17. The van der Waals surface area contributed by atoms with Crippen LogP contribution in [0, 0.1) is 0 Å². The standard InChI is InChI=1S/C15H20BrClN2O2/c1-15(2,3)21-14(20)19-5-4-18-9-13(19)10-6-11(16)8-12(17)7-10/h6-8,13,18H,4-5,9H2,1-3H3/t13-/m0/s1. The molecule has 1 aromatic carbocycles. The Balaban J connectivity index is 2.24. The quantitative estimate of drug-likeness (QED) is 0.807. The third kappa shape index (κ3) is 4.59. The predicted octanol–water partition coefficient (Wildman–Crippen LogP) is 3.98. The van der Waals surface area contributed by atoms with Crippen molar-refractivity contribution in [3.63, 3.8) is 0 Å². The Bertz CT molecular complexity index is 511. The summed E-state index contributed by atoms with van der Waals surface area (Å²) in [5.41, 5.74) is 0.494. The molecule has 0 radical (unpaired) electrons. The second-order valence-electron chi connectivity index (χ2n) is 6.10. The van der Waals surface area contributed by atoms with Crippen molar-refractivity contribution in [1.29, 1.82) is 0 Å². The lowest BCUT2D eigenvalue weighted by molar-refractivity contribution is 0.0118. The molecule has 21 heavy (non-hydrogen) atoms. The van der Waals surface area contributed by atoms with Crippen molar-refractivity contribution >= 4 is 33.6 Å². The van der Waals surface area contributed by atoms with Crippen molar-refractivity contribution in [2.75, 3.05) is 19.6 Å². The summed E-state index contributed by atoms with van der Waals surface area (Å²) in [6, 6.07) is 5.63. The minimum absolute atomic E-state index is 0.0800. The molecule has 1 N–H and O–H groups in total. The Morgan fingerprint density at radius 2 is 2.14 bits per heavy atom. The summed E-state index contributed by atoms with van der Waals surface area (Å²) in [7, 11) is 0. The zero-order valence-electron chi connectivity index (χ0n) is 12.5. The van der Waals surface area contributed by atoms with Gasteiger partial charge in [-0.1, -0.05) is 27.5 Å². The molecule has 6 heteroatoms. The molecule has 4 nitrogen and oxygen atoms in total. The fourth-order valence-corrected chi connectivity index (χ4v) is 3.20. The second kappa shape index (κ2) is 6.55. The van der Waals surface area contributed by atoms with Crippen LogP contribution in [-0.2, 0) is 4.74 Å². The number of rotatable bonds is 1. The maximum atomic E-state index is 12.4. The number of benzene rings is 1. The van der Waals surface area contributed by atoms with E-state index in [4.69, 9.17) is 16.3 Å². The monoisotopic (exact) mass is 374 g/mol. The van der Waals surface area contributed by atoms with E-state index in [0.29, 0.717) is 18.1 Å². The number of carbonyl (C=O) groups is 1. The van der Waals surface area contributed by atoms with Crippen molar-refractivity contribution in [2.45, 2.75) is 32.4 Å². The van der Waals surface area contributed by atoms with Crippen molar-refractivity contribution in [3.8, 4) is 0 Å². The number of halogens is 2. The average Bonchev–Trinajstić information content (AvgIpc) is 2.35. The van der Waals surface area contributed by atoms with E-state index in [1.54, 1.807) is 4.90 Å².